The normalized spacial score (nSPS) is 20.4. The van der Waals surface area contributed by atoms with Crippen molar-refractivity contribution in [2.45, 2.75) is 19.0 Å². The third kappa shape index (κ3) is 3.34. The van der Waals surface area contributed by atoms with Gasteiger partial charge in [0.15, 0.2) is 0 Å². The third-order valence-corrected chi connectivity index (χ3v) is 3.40. The Hall–Kier alpha value is -1.37. The molecule has 0 aromatic carbocycles. The summed E-state index contributed by atoms with van der Waals surface area (Å²) >= 11 is 4.82. The van der Waals surface area contributed by atoms with Crippen LogP contribution < -0.4 is 10.6 Å². The summed E-state index contributed by atoms with van der Waals surface area (Å²) in [5.41, 5.74) is 5.91. The van der Waals surface area contributed by atoms with Crippen molar-refractivity contribution in [1.29, 1.82) is 0 Å². The second-order valence-electron chi connectivity index (χ2n) is 4.57. The van der Waals surface area contributed by atoms with Crippen LogP contribution in [0.3, 0.4) is 0 Å². The molecule has 2 heterocycles. The Labute approximate surface area is 114 Å². The molecule has 1 saturated heterocycles. The number of aromatic nitrogens is 1. The number of alkyl halides is 3. The molecule has 1 unspecified atom stereocenters. The number of piperidine rings is 1. The summed E-state index contributed by atoms with van der Waals surface area (Å²) in [6.07, 6.45) is -3.47. The zero-order chi connectivity index (χ0) is 14.0. The molecule has 0 aliphatic carbocycles. The predicted molar refractivity (Wildman–Crippen MR) is 71.1 cm³/mol. The molecule has 0 spiro atoms. The third-order valence-electron chi connectivity index (χ3n) is 3.20. The SMILES string of the molecule is NC(=S)c1cccc(N2CCCC(C(F)(F)F)C2)n1. The number of hydrogen-bond acceptors (Lipinski definition) is 3. The predicted octanol–water partition coefficient (Wildman–Crippen LogP) is 2.49. The minimum absolute atomic E-state index is 0.0582. The monoisotopic (exact) mass is 289 g/mol. The average molecular weight is 289 g/mol. The Morgan fingerprint density at radius 3 is 2.79 bits per heavy atom. The molecule has 7 heteroatoms. The molecule has 1 aliphatic heterocycles. The van der Waals surface area contributed by atoms with E-state index in [1.165, 1.54) is 0 Å². The van der Waals surface area contributed by atoms with Crippen molar-refractivity contribution in [2.24, 2.45) is 11.7 Å². The zero-order valence-corrected chi connectivity index (χ0v) is 11.0. The molecule has 0 bridgehead atoms. The molecule has 1 aliphatic rings. The summed E-state index contributed by atoms with van der Waals surface area (Å²) in [4.78, 5) is 5.99. The van der Waals surface area contributed by atoms with Gasteiger partial charge in [0, 0.05) is 13.1 Å². The molecule has 0 amide bonds. The molecule has 1 aromatic rings. The fourth-order valence-corrected chi connectivity index (χ4v) is 2.30. The van der Waals surface area contributed by atoms with Crippen LogP contribution >= 0.6 is 12.2 Å². The maximum absolute atomic E-state index is 12.8. The Kier molecular flexibility index (Phi) is 3.93. The van der Waals surface area contributed by atoms with Gasteiger partial charge >= 0.3 is 6.18 Å². The van der Waals surface area contributed by atoms with Gasteiger partial charge in [-0.05, 0) is 25.0 Å². The van der Waals surface area contributed by atoms with E-state index < -0.39 is 12.1 Å². The lowest BCUT2D eigenvalue weighted by molar-refractivity contribution is -0.176. The quantitative estimate of drug-likeness (QED) is 0.849. The van der Waals surface area contributed by atoms with E-state index in [4.69, 9.17) is 18.0 Å². The van der Waals surface area contributed by atoms with E-state index in [0.29, 0.717) is 24.5 Å². The molecule has 3 nitrogen and oxygen atoms in total. The van der Waals surface area contributed by atoms with Crippen LogP contribution in [0.2, 0.25) is 0 Å². The van der Waals surface area contributed by atoms with E-state index in [2.05, 4.69) is 4.98 Å². The van der Waals surface area contributed by atoms with Crippen LogP contribution in [0.4, 0.5) is 19.0 Å². The van der Waals surface area contributed by atoms with Gasteiger partial charge in [0.05, 0.1) is 11.6 Å². The van der Waals surface area contributed by atoms with Crippen LogP contribution in [0.15, 0.2) is 18.2 Å². The first kappa shape index (κ1) is 14.0. The standard InChI is InChI=1S/C12H14F3N3S/c13-12(14,15)8-3-2-6-18(7-8)10-5-1-4-9(17-10)11(16)19/h1,4-5,8H,2-3,6-7H2,(H2,16,19). The molecule has 104 valence electrons. The van der Waals surface area contributed by atoms with Gasteiger partial charge in [0.2, 0.25) is 0 Å². The van der Waals surface area contributed by atoms with Crippen molar-refractivity contribution in [1.82, 2.24) is 4.98 Å². The van der Waals surface area contributed by atoms with Crippen LogP contribution in [0.1, 0.15) is 18.5 Å². The number of thiocarbonyl (C=S) groups is 1. The van der Waals surface area contributed by atoms with Gasteiger partial charge in [0.1, 0.15) is 10.8 Å². The summed E-state index contributed by atoms with van der Waals surface area (Å²) in [6, 6.07) is 5.03. The van der Waals surface area contributed by atoms with Crippen LogP contribution in [-0.2, 0) is 0 Å². The molecular weight excluding hydrogens is 275 g/mol. The molecule has 1 fully saturated rings. The average Bonchev–Trinajstić information content (AvgIpc) is 2.38. The summed E-state index contributed by atoms with van der Waals surface area (Å²) in [5, 5.41) is 0. The van der Waals surface area contributed by atoms with Crippen molar-refractivity contribution in [2.75, 3.05) is 18.0 Å². The van der Waals surface area contributed by atoms with Gasteiger partial charge in [-0.3, -0.25) is 0 Å². The topological polar surface area (TPSA) is 42.1 Å². The summed E-state index contributed by atoms with van der Waals surface area (Å²) < 4.78 is 38.3. The number of rotatable bonds is 2. The van der Waals surface area contributed by atoms with Crippen LogP contribution in [0, 0.1) is 5.92 Å². The lowest BCUT2D eigenvalue weighted by Crippen LogP contribution is -2.42. The molecular formula is C12H14F3N3S. The fraction of sp³-hybridized carbons (Fsp3) is 0.500. The van der Waals surface area contributed by atoms with E-state index in [1.54, 1.807) is 23.1 Å². The fourth-order valence-electron chi connectivity index (χ4n) is 2.19. The maximum Gasteiger partial charge on any atom is 0.393 e. The van der Waals surface area contributed by atoms with E-state index >= 15 is 0 Å². The molecule has 2 rings (SSSR count). The smallest absolute Gasteiger partial charge is 0.388 e. The van der Waals surface area contributed by atoms with E-state index in [0.717, 1.165) is 0 Å². The minimum Gasteiger partial charge on any atom is -0.388 e. The first-order valence-electron chi connectivity index (χ1n) is 5.96. The van der Waals surface area contributed by atoms with Crippen molar-refractivity contribution in [3.8, 4) is 0 Å². The largest absolute Gasteiger partial charge is 0.393 e. The lowest BCUT2D eigenvalue weighted by Gasteiger charge is -2.34. The molecule has 0 radical (unpaired) electrons. The number of nitrogens with two attached hydrogens (primary N) is 1. The Bertz CT molecular complexity index is 476. The summed E-state index contributed by atoms with van der Waals surface area (Å²) in [5.74, 6) is -0.796. The van der Waals surface area contributed by atoms with E-state index in [9.17, 15) is 13.2 Å². The van der Waals surface area contributed by atoms with Crippen molar-refractivity contribution in [3.63, 3.8) is 0 Å². The van der Waals surface area contributed by atoms with Crippen LogP contribution in [0.5, 0.6) is 0 Å². The lowest BCUT2D eigenvalue weighted by atomic mass is 9.97. The summed E-state index contributed by atoms with van der Waals surface area (Å²) in [7, 11) is 0. The van der Waals surface area contributed by atoms with E-state index in [1.807, 2.05) is 0 Å². The van der Waals surface area contributed by atoms with Crippen molar-refractivity contribution < 1.29 is 13.2 Å². The van der Waals surface area contributed by atoms with Gasteiger partial charge in [-0.25, -0.2) is 4.98 Å². The van der Waals surface area contributed by atoms with Gasteiger partial charge in [-0.2, -0.15) is 13.2 Å². The molecule has 19 heavy (non-hydrogen) atoms. The Balaban J connectivity index is 2.17. The van der Waals surface area contributed by atoms with E-state index in [-0.39, 0.29) is 18.0 Å². The van der Waals surface area contributed by atoms with Crippen LogP contribution in [-0.4, -0.2) is 29.2 Å². The highest BCUT2D eigenvalue weighted by Crippen LogP contribution is 2.34. The number of pyridine rings is 1. The molecule has 0 saturated carbocycles. The van der Waals surface area contributed by atoms with Crippen LogP contribution in [0.25, 0.3) is 0 Å². The summed E-state index contributed by atoms with van der Waals surface area (Å²) in [6.45, 7) is 0.512. The van der Waals surface area contributed by atoms with Crippen molar-refractivity contribution >= 4 is 23.0 Å². The molecule has 1 atom stereocenters. The molecule has 2 N–H and O–H groups in total. The number of hydrogen-bond donors (Lipinski definition) is 1. The maximum atomic E-state index is 12.8. The first-order chi connectivity index (χ1) is 8.88. The number of anilines is 1. The highest BCUT2D eigenvalue weighted by atomic mass is 32.1. The Morgan fingerprint density at radius 1 is 1.42 bits per heavy atom. The second kappa shape index (κ2) is 5.32. The van der Waals surface area contributed by atoms with Gasteiger partial charge < -0.3 is 10.6 Å². The second-order valence-corrected chi connectivity index (χ2v) is 5.01. The van der Waals surface area contributed by atoms with Crippen molar-refractivity contribution in [3.05, 3.63) is 23.9 Å². The zero-order valence-electron chi connectivity index (χ0n) is 10.2. The Morgan fingerprint density at radius 2 is 2.16 bits per heavy atom. The highest BCUT2D eigenvalue weighted by Gasteiger charge is 2.42. The highest BCUT2D eigenvalue weighted by molar-refractivity contribution is 7.80. The van der Waals surface area contributed by atoms with Gasteiger partial charge in [-0.15, -0.1) is 0 Å². The minimum atomic E-state index is -4.15. The van der Waals surface area contributed by atoms with Gasteiger partial charge in [-0.1, -0.05) is 18.3 Å². The molecule has 1 aromatic heterocycles. The van der Waals surface area contributed by atoms with Gasteiger partial charge in [0.25, 0.3) is 0 Å². The number of nitrogens with zero attached hydrogens (tertiary/aromatic N) is 2. The first-order valence-corrected chi connectivity index (χ1v) is 6.37. The number of halogens is 3.